The molecule has 1 fully saturated rings. The molecule has 0 aromatic carbocycles. The highest BCUT2D eigenvalue weighted by Gasteiger charge is 2.21. The monoisotopic (exact) mass is 262 g/mol. The molecule has 1 aliphatic rings. The number of carbonyl (C=O) groups excluding carboxylic acids is 1. The number of likely N-dealkylation sites (tertiary alicyclic amines) is 1. The second kappa shape index (κ2) is 5.91. The molecule has 3 nitrogen and oxygen atoms in total. The van der Waals surface area contributed by atoms with E-state index in [4.69, 9.17) is 0 Å². The van der Waals surface area contributed by atoms with Crippen LogP contribution in [0.3, 0.4) is 0 Å². The summed E-state index contributed by atoms with van der Waals surface area (Å²) in [4.78, 5) is 14.8. The van der Waals surface area contributed by atoms with Gasteiger partial charge in [0, 0.05) is 30.0 Å². The van der Waals surface area contributed by atoms with E-state index < -0.39 is 0 Å². The lowest BCUT2D eigenvalue weighted by Gasteiger charge is -2.30. The first kappa shape index (κ1) is 14.3. The van der Waals surface area contributed by atoms with Crippen LogP contribution >= 0.6 is 0 Å². The lowest BCUT2D eigenvalue weighted by molar-refractivity contribution is 0.0892. The van der Waals surface area contributed by atoms with Crippen LogP contribution in [0.15, 0.2) is 6.07 Å². The van der Waals surface area contributed by atoms with E-state index in [1.165, 1.54) is 18.5 Å². The highest BCUT2D eigenvalue weighted by Crippen LogP contribution is 2.19. The van der Waals surface area contributed by atoms with Crippen molar-refractivity contribution in [2.75, 3.05) is 19.6 Å². The van der Waals surface area contributed by atoms with E-state index >= 15 is 0 Å². The van der Waals surface area contributed by atoms with Crippen molar-refractivity contribution in [1.29, 1.82) is 0 Å². The molecular formula is C16H26N2O. The van der Waals surface area contributed by atoms with Crippen molar-refractivity contribution in [1.82, 2.24) is 9.47 Å². The van der Waals surface area contributed by atoms with Crippen LogP contribution in [0.5, 0.6) is 0 Å². The Kier molecular flexibility index (Phi) is 4.46. The van der Waals surface area contributed by atoms with Gasteiger partial charge in [0.15, 0.2) is 5.78 Å². The van der Waals surface area contributed by atoms with Gasteiger partial charge in [-0.2, -0.15) is 0 Å². The SMILES string of the molecule is CCn1c(C)cc(C(=O)CN2CCCC(C)C2)c1C. The molecule has 19 heavy (non-hydrogen) atoms. The van der Waals surface area contributed by atoms with Crippen LogP contribution < -0.4 is 0 Å². The van der Waals surface area contributed by atoms with Crippen molar-refractivity contribution < 1.29 is 4.79 Å². The van der Waals surface area contributed by atoms with Gasteiger partial charge in [-0.3, -0.25) is 9.69 Å². The van der Waals surface area contributed by atoms with Crippen LogP contribution in [0.1, 0.15) is 48.4 Å². The fourth-order valence-electron chi connectivity index (χ4n) is 3.29. The molecule has 0 amide bonds. The molecule has 1 aromatic rings. The van der Waals surface area contributed by atoms with Crippen LogP contribution in [0.2, 0.25) is 0 Å². The third-order valence-corrected chi connectivity index (χ3v) is 4.30. The molecule has 0 aliphatic carbocycles. The first-order valence-corrected chi connectivity index (χ1v) is 7.45. The molecular weight excluding hydrogens is 236 g/mol. The maximum atomic E-state index is 12.5. The van der Waals surface area contributed by atoms with Gasteiger partial charge in [-0.05, 0) is 52.1 Å². The topological polar surface area (TPSA) is 25.2 Å². The van der Waals surface area contributed by atoms with E-state index in [1.54, 1.807) is 0 Å². The van der Waals surface area contributed by atoms with E-state index in [1.807, 2.05) is 0 Å². The number of piperidine rings is 1. The van der Waals surface area contributed by atoms with Crippen molar-refractivity contribution >= 4 is 5.78 Å². The molecule has 106 valence electrons. The fourth-order valence-corrected chi connectivity index (χ4v) is 3.29. The molecule has 1 aromatic heterocycles. The predicted octanol–water partition coefficient (Wildman–Crippen LogP) is 3.04. The molecule has 1 saturated heterocycles. The molecule has 3 heteroatoms. The van der Waals surface area contributed by atoms with Crippen molar-refractivity contribution in [3.63, 3.8) is 0 Å². The average Bonchev–Trinajstić information content (AvgIpc) is 2.64. The van der Waals surface area contributed by atoms with E-state index in [9.17, 15) is 4.79 Å². The number of hydrogen-bond donors (Lipinski definition) is 0. The Morgan fingerprint density at radius 3 is 2.74 bits per heavy atom. The van der Waals surface area contributed by atoms with Gasteiger partial charge in [0.1, 0.15) is 0 Å². The summed E-state index contributed by atoms with van der Waals surface area (Å²) in [5, 5.41) is 0. The number of aryl methyl sites for hydroxylation is 1. The summed E-state index contributed by atoms with van der Waals surface area (Å²) in [6.45, 7) is 12.2. The lowest BCUT2D eigenvalue weighted by Crippen LogP contribution is -2.38. The van der Waals surface area contributed by atoms with Crippen molar-refractivity contribution in [2.45, 2.75) is 47.1 Å². The van der Waals surface area contributed by atoms with E-state index in [0.717, 1.165) is 36.8 Å². The Labute approximate surface area is 116 Å². The predicted molar refractivity (Wildman–Crippen MR) is 78.7 cm³/mol. The summed E-state index contributed by atoms with van der Waals surface area (Å²) in [5.74, 6) is 1.01. The highest BCUT2D eigenvalue weighted by atomic mass is 16.1. The summed E-state index contributed by atoms with van der Waals surface area (Å²) >= 11 is 0. The summed E-state index contributed by atoms with van der Waals surface area (Å²) in [7, 11) is 0. The first-order chi connectivity index (χ1) is 9.02. The van der Waals surface area contributed by atoms with Gasteiger partial charge in [0.05, 0.1) is 6.54 Å². The molecule has 1 aliphatic heterocycles. The normalized spacial score (nSPS) is 20.7. The number of aromatic nitrogens is 1. The van der Waals surface area contributed by atoms with Crippen molar-refractivity contribution in [2.24, 2.45) is 5.92 Å². The molecule has 0 N–H and O–H groups in total. The fraction of sp³-hybridized carbons (Fsp3) is 0.688. The zero-order valence-electron chi connectivity index (χ0n) is 12.7. The second-order valence-electron chi connectivity index (χ2n) is 5.93. The minimum atomic E-state index is 0.280. The van der Waals surface area contributed by atoms with Crippen LogP contribution in [0, 0.1) is 19.8 Å². The molecule has 0 radical (unpaired) electrons. The van der Waals surface area contributed by atoms with Gasteiger partial charge in [-0.15, -0.1) is 0 Å². The zero-order valence-corrected chi connectivity index (χ0v) is 12.7. The van der Waals surface area contributed by atoms with Gasteiger partial charge in [0.2, 0.25) is 0 Å². The number of Topliss-reactive ketones (excluding diaryl/α,β-unsaturated/α-hetero) is 1. The molecule has 0 spiro atoms. The first-order valence-electron chi connectivity index (χ1n) is 7.45. The Hall–Kier alpha value is -1.09. The third kappa shape index (κ3) is 3.08. The molecule has 2 heterocycles. The Balaban J connectivity index is 2.07. The number of ketones is 1. The third-order valence-electron chi connectivity index (χ3n) is 4.30. The van der Waals surface area contributed by atoms with E-state index in [0.29, 0.717) is 6.54 Å². The quantitative estimate of drug-likeness (QED) is 0.779. The summed E-state index contributed by atoms with van der Waals surface area (Å²) in [5.41, 5.74) is 3.22. The lowest BCUT2D eigenvalue weighted by atomic mass is 9.99. The van der Waals surface area contributed by atoms with Crippen LogP contribution in [-0.4, -0.2) is 34.9 Å². The number of nitrogens with zero attached hydrogens (tertiary/aromatic N) is 2. The minimum absolute atomic E-state index is 0.280. The van der Waals surface area contributed by atoms with Gasteiger partial charge in [-0.25, -0.2) is 0 Å². The van der Waals surface area contributed by atoms with Crippen molar-refractivity contribution in [3.05, 3.63) is 23.0 Å². The van der Waals surface area contributed by atoms with E-state index in [2.05, 4.69) is 43.2 Å². The second-order valence-corrected chi connectivity index (χ2v) is 5.93. The Bertz CT molecular complexity index is 462. The molecule has 0 bridgehead atoms. The Morgan fingerprint density at radius 2 is 2.16 bits per heavy atom. The van der Waals surface area contributed by atoms with Crippen LogP contribution in [0.4, 0.5) is 0 Å². The summed E-state index contributed by atoms with van der Waals surface area (Å²) in [6, 6.07) is 2.05. The minimum Gasteiger partial charge on any atom is -0.349 e. The van der Waals surface area contributed by atoms with Gasteiger partial charge < -0.3 is 4.57 Å². The number of rotatable bonds is 4. The zero-order chi connectivity index (χ0) is 14.0. The largest absolute Gasteiger partial charge is 0.349 e. The van der Waals surface area contributed by atoms with Crippen molar-refractivity contribution in [3.8, 4) is 0 Å². The molecule has 1 atom stereocenters. The van der Waals surface area contributed by atoms with Gasteiger partial charge in [0.25, 0.3) is 0 Å². The number of hydrogen-bond acceptors (Lipinski definition) is 2. The highest BCUT2D eigenvalue weighted by molar-refractivity contribution is 5.99. The van der Waals surface area contributed by atoms with Crippen LogP contribution in [-0.2, 0) is 6.54 Å². The molecule has 2 rings (SSSR count). The summed E-state index contributed by atoms with van der Waals surface area (Å²) < 4.78 is 2.21. The molecule has 0 saturated carbocycles. The smallest absolute Gasteiger partial charge is 0.178 e. The van der Waals surface area contributed by atoms with E-state index in [-0.39, 0.29) is 5.78 Å². The maximum absolute atomic E-state index is 12.5. The maximum Gasteiger partial charge on any atom is 0.178 e. The standard InChI is InChI=1S/C16H26N2O/c1-5-18-13(3)9-15(14(18)4)16(19)11-17-8-6-7-12(2)10-17/h9,12H,5-8,10-11H2,1-4H3. The van der Waals surface area contributed by atoms with Crippen LogP contribution in [0.25, 0.3) is 0 Å². The van der Waals surface area contributed by atoms with Gasteiger partial charge in [-0.1, -0.05) is 6.92 Å². The Morgan fingerprint density at radius 1 is 1.42 bits per heavy atom. The molecule has 1 unspecified atom stereocenters. The average molecular weight is 262 g/mol. The van der Waals surface area contributed by atoms with Gasteiger partial charge >= 0.3 is 0 Å². The number of carbonyl (C=O) groups is 1. The summed E-state index contributed by atoms with van der Waals surface area (Å²) in [6.07, 6.45) is 2.53.